The number of para-hydroxylation sites is 1. The summed E-state index contributed by atoms with van der Waals surface area (Å²) in [5.74, 6) is 1.04. The van der Waals surface area contributed by atoms with Crippen LogP contribution in [0, 0.1) is 0 Å². The molecule has 0 atom stereocenters. The summed E-state index contributed by atoms with van der Waals surface area (Å²) in [6.45, 7) is 0. The van der Waals surface area contributed by atoms with Gasteiger partial charge in [0, 0.05) is 21.7 Å². The van der Waals surface area contributed by atoms with Crippen molar-refractivity contribution in [2.75, 3.05) is 5.32 Å². The van der Waals surface area contributed by atoms with Crippen molar-refractivity contribution < 1.29 is 0 Å². The molecule has 0 aliphatic rings. The standard InChI is InChI=1S/C21H11Cl4N5/c22-11-5-7-13(16(24)9-11)19-28-29-20-14-3-1-2-4-18(14)27-21(30(19)20)26-12-6-8-15(23)17(25)10-12/h1-10H,(H,26,27). The molecule has 0 aliphatic heterocycles. The number of fused-ring (bicyclic) bond motifs is 3. The van der Waals surface area contributed by atoms with Crippen LogP contribution >= 0.6 is 46.4 Å². The molecule has 1 N–H and O–H groups in total. The first-order valence-corrected chi connectivity index (χ1v) is 10.3. The van der Waals surface area contributed by atoms with E-state index in [0.717, 1.165) is 16.6 Å². The highest BCUT2D eigenvalue weighted by Gasteiger charge is 2.18. The molecule has 9 heteroatoms. The number of anilines is 2. The van der Waals surface area contributed by atoms with Gasteiger partial charge in [-0.3, -0.25) is 0 Å². The third-order valence-electron chi connectivity index (χ3n) is 4.59. The van der Waals surface area contributed by atoms with E-state index < -0.39 is 0 Å². The van der Waals surface area contributed by atoms with Crippen LogP contribution in [0.2, 0.25) is 20.1 Å². The number of nitrogens with one attached hydrogen (secondary N) is 1. The van der Waals surface area contributed by atoms with E-state index in [1.807, 2.05) is 34.7 Å². The van der Waals surface area contributed by atoms with Gasteiger partial charge in [0.2, 0.25) is 5.95 Å². The molecule has 0 saturated heterocycles. The van der Waals surface area contributed by atoms with Gasteiger partial charge < -0.3 is 5.32 Å². The number of halogens is 4. The molecule has 5 aromatic rings. The van der Waals surface area contributed by atoms with Gasteiger partial charge in [-0.1, -0.05) is 58.5 Å². The molecule has 0 fully saturated rings. The average molecular weight is 475 g/mol. The minimum atomic E-state index is 0.434. The summed E-state index contributed by atoms with van der Waals surface area (Å²) in [6, 6.07) is 18.2. The van der Waals surface area contributed by atoms with Crippen molar-refractivity contribution >= 4 is 74.6 Å². The van der Waals surface area contributed by atoms with Gasteiger partial charge in [-0.2, -0.15) is 0 Å². The summed E-state index contributed by atoms with van der Waals surface area (Å²) in [7, 11) is 0. The summed E-state index contributed by atoms with van der Waals surface area (Å²) in [5, 5.41) is 14.9. The summed E-state index contributed by atoms with van der Waals surface area (Å²) in [5.41, 5.74) is 2.82. The maximum Gasteiger partial charge on any atom is 0.215 e. The normalized spacial score (nSPS) is 11.3. The quantitative estimate of drug-likeness (QED) is 0.298. The highest BCUT2D eigenvalue weighted by molar-refractivity contribution is 6.42. The first-order chi connectivity index (χ1) is 14.5. The largest absolute Gasteiger partial charge is 0.325 e. The second-order valence-electron chi connectivity index (χ2n) is 6.51. The van der Waals surface area contributed by atoms with E-state index in [1.54, 1.807) is 30.3 Å². The van der Waals surface area contributed by atoms with Gasteiger partial charge in [0.05, 0.1) is 20.6 Å². The minimum Gasteiger partial charge on any atom is -0.325 e. The van der Waals surface area contributed by atoms with Crippen LogP contribution in [-0.4, -0.2) is 19.6 Å². The predicted molar refractivity (Wildman–Crippen MR) is 123 cm³/mol. The lowest BCUT2D eigenvalue weighted by molar-refractivity contribution is 1.10. The number of hydrogen-bond acceptors (Lipinski definition) is 4. The maximum absolute atomic E-state index is 6.45. The second kappa shape index (κ2) is 7.60. The molecule has 3 aromatic carbocycles. The van der Waals surface area contributed by atoms with Crippen LogP contribution in [0.3, 0.4) is 0 Å². The lowest BCUT2D eigenvalue weighted by Crippen LogP contribution is -2.04. The number of aromatic nitrogens is 4. The Kier molecular flexibility index (Phi) is 4.91. The Morgan fingerprint density at radius 2 is 1.60 bits per heavy atom. The van der Waals surface area contributed by atoms with Crippen molar-refractivity contribution in [1.82, 2.24) is 19.6 Å². The van der Waals surface area contributed by atoms with E-state index in [-0.39, 0.29) is 0 Å². The van der Waals surface area contributed by atoms with E-state index in [4.69, 9.17) is 51.4 Å². The molecule has 2 aromatic heterocycles. The third kappa shape index (κ3) is 3.34. The summed E-state index contributed by atoms with van der Waals surface area (Å²) < 4.78 is 1.82. The summed E-state index contributed by atoms with van der Waals surface area (Å²) in [6.07, 6.45) is 0. The first-order valence-electron chi connectivity index (χ1n) is 8.82. The summed E-state index contributed by atoms with van der Waals surface area (Å²) >= 11 is 24.7. The number of nitrogens with zero attached hydrogens (tertiary/aromatic N) is 4. The van der Waals surface area contributed by atoms with Gasteiger partial charge in [-0.25, -0.2) is 9.38 Å². The SMILES string of the molecule is Clc1ccc(-c2nnc3c4ccccc4nc(Nc4ccc(Cl)c(Cl)c4)n23)c(Cl)c1. The fourth-order valence-electron chi connectivity index (χ4n) is 3.22. The highest BCUT2D eigenvalue weighted by Crippen LogP contribution is 2.34. The van der Waals surface area contributed by atoms with E-state index in [9.17, 15) is 0 Å². The van der Waals surface area contributed by atoms with Gasteiger partial charge in [-0.05, 0) is 48.5 Å². The van der Waals surface area contributed by atoms with Crippen molar-refractivity contribution in [2.24, 2.45) is 0 Å². The molecule has 0 bridgehead atoms. The van der Waals surface area contributed by atoms with Crippen LogP contribution in [0.4, 0.5) is 11.6 Å². The molecule has 5 rings (SSSR count). The predicted octanol–water partition coefficient (Wildman–Crippen LogP) is 7.30. The van der Waals surface area contributed by atoms with E-state index in [2.05, 4.69) is 15.5 Å². The Morgan fingerprint density at radius 1 is 0.767 bits per heavy atom. The molecule has 2 heterocycles. The van der Waals surface area contributed by atoms with E-state index >= 15 is 0 Å². The maximum atomic E-state index is 6.45. The number of benzene rings is 3. The molecular formula is C21H11Cl4N5. The van der Waals surface area contributed by atoms with E-state index in [0.29, 0.717) is 43.1 Å². The van der Waals surface area contributed by atoms with Crippen LogP contribution in [0.1, 0.15) is 0 Å². The zero-order valence-electron chi connectivity index (χ0n) is 15.1. The van der Waals surface area contributed by atoms with Gasteiger partial charge in [0.15, 0.2) is 11.5 Å². The van der Waals surface area contributed by atoms with Crippen LogP contribution in [0.15, 0.2) is 60.7 Å². The lowest BCUT2D eigenvalue weighted by atomic mass is 10.2. The third-order valence-corrected chi connectivity index (χ3v) is 5.88. The molecular weight excluding hydrogens is 464 g/mol. The minimum absolute atomic E-state index is 0.434. The smallest absolute Gasteiger partial charge is 0.215 e. The van der Waals surface area contributed by atoms with Gasteiger partial charge in [-0.15, -0.1) is 10.2 Å². The Labute approximate surface area is 191 Å². The van der Waals surface area contributed by atoms with Crippen LogP contribution in [0.5, 0.6) is 0 Å². The number of hydrogen-bond donors (Lipinski definition) is 1. The second-order valence-corrected chi connectivity index (χ2v) is 8.17. The zero-order valence-corrected chi connectivity index (χ0v) is 18.1. The van der Waals surface area contributed by atoms with Crippen LogP contribution in [0.25, 0.3) is 27.9 Å². The van der Waals surface area contributed by atoms with Crippen molar-refractivity contribution in [3.8, 4) is 11.4 Å². The Balaban J connectivity index is 1.78. The zero-order chi connectivity index (χ0) is 20.8. The van der Waals surface area contributed by atoms with Gasteiger partial charge >= 0.3 is 0 Å². The van der Waals surface area contributed by atoms with Crippen molar-refractivity contribution in [3.05, 3.63) is 80.8 Å². The fraction of sp³-hybridized carbons (Fsp3) is 0. The van der Waals surface area contributed by atoms with Crippen molar-refractivity contribution in [2.45, 2.75) is 0 Å². The lowest BCUT2D eigenvalue weighted by Gasteiger charge is -2.12. The molecule has 0 amide bonds. The monoisotopic (exact) mass is 473 g/mol. The molecule has 0 spiro atoms. The van der Waals surface area contributed by atoms with E-state index in [1.165, 1.54) is 0 Å². The average Bonchev–Trinajstić information content (AvgIpc) is 3.16. The Morgan fingerprint density at radius 3 is 2.40 bits per heavy atom. The molecule has 0 unspecified atom stereocenters. The Hall–Kier alpha value is -2.57. The van der Waals surface area contributed by atoms with Crippen molar-refractivity contribution in [1.29, 1.82) is 0 Å². The molecule has 0 radical (unpaired) electrons. The molecule has 0 saturated carbocycles. The number of rotatable bonds is 3. The van der Waals surface area contributed by atoms with Crippen LogP contribution in [-0.2, 0) is 0 Å². The molecule has 0 aliphatic carbocycles. The molecule has 148 valence electrons. The molecule has 30 heavy (non-hydrogen) atoms. The van der Waals surface area contributed by atoms with Gasteiger partial charge in [0.25, 0.3) is 0 Å². The fourth-order valence-corrected chi connectivity index (χ4v) is 4.01. The van der Waals surface area contributed by atoms with Crippen molar-refractivity contribution in [3.63, 3.8) is 0 Å². The Bertz CT molecular complexity index is 1430. The van der Waals surface area contributed by atoms with Gasteiger partial charge in [0.1, 0.15) is 0 Å². The summed E-state index contributed by atoms with van der Waals surface area (Å²) in [4.78, 5) is 4.78. The van der Waals surface area contributed by atoms with Crippen LogP contribution < -0.4 is 5.32 Å². The molecule has 5 nitrogen and oxygen atoms in total. The first kappa shape index (κ1) is 19.4. The highest BCUT2D eigenvalue weighted by atomic mass is 35.5. The topological polar surface area (TPSA) is 55.1 Å².